The summed E-state index contributed by atoms with van der Waals surface area (Å²) in [6.07, 6.45) is -1.28. The third kappa shape index (κ3) is 3.55. The number of nitrogens with one attached hydrogen (secondary N) is 1. The third-order valence-corrected chi connectivity index (χ3v) is 6.86. The van der Waals surface area contributed by atoms with E-state index in [1.54, 1.807) is 22.8 Å². The molecule has 2 aromatic carbocycles. The Morgan fingerprint density at radius 2 is 1.94 bits per heavy atom. The molecule has 0 radical (unpaired) electrons. The molecular formula is C23H20F3N3O2S. The van der Waals surface area contributed by atoms with Gasteiger partial charge in [-0.1, -0.05) is 6.42 Å². The number of amides is 1. The number of rotatable bonds is 5. The van der Waals surface area contributed by atoms with Crippen LogP contribution in [-0.2, 0) is 6.18 Å². The van der Waals surface area contributed by atoms with E-state index in [1.165, 1.54) is 23.7 Å². The third-order valence-electron chi connectivity index (χ3n) is 6.24. The fourth-order valence-electron chi connectivity index (χ4n) is 4.25. The number of aromatic nitrogens is 2. The SMILES string of the molecule is O=C(N[C@@H](CO)C1CCC1)c1ccc2c(c1)c1csnc1n2-c1ccc(C(F)(F)F)cc1. The molecule has 2 aromatic heterocycles. The Kier molecular flexibility index (Phi) is 5.17. The van der Waals surface area contributed by atoms with Crippen molar-refractivity contribution < 1.29 is 23.1 Å². The molecule has 1 aliphatic rings. The highest BCUT2D eigenvalue weighted by Gasteiger charge is 2.30. The van der Waals surface area contributed by atoms with Gasteiger partial charge in [0.2, 0.25) is 0 Å². The highest BCUT2D eigenvalue weighted by molar-refractivity contribution is 7.05. The van der Waals surface area contributed by atoms with E-state index in [1.807, 2.05) is 5.38 Å². The van der Waals surface area contributed by atoms with Crippen LogP contribution in [-0.4, -0.2) is 32.6 Å². The first-order valence-corrected chi connectivity index (χ1v) is 11.2. The van der Waals surface area contributed by atoms with Crippen molar-refractivity contribution in [1.82, 2.24) is 14.3 Å². The van der Waals surface area contributed by atoms with E-state index >= 15 is 0 Å². The van der Waals surface area contributed by atoms with Crippen molar-refractivity contribution in [3.8, 4) is 5.69 Å². The Bertz CT molecular complexity index is 1290. The standard InChI is InChI=1S/C23H20F3N3O2S/c24-23(25,26)15-5-7-16(8-6-15)29-20-9-4-14(10-17(20)18-12-32-28-21(18)29)22(31)27-19(11-30)13-2-1-3-13/h4-10,12-13,19,30H,1-3,11H2,(H,27,31)/t19-/m0/s1. The summed E-state index contributed by atoms with van der Waals surface area (Å²) in [6, 6.07) is 9.94. The van der Waals surface area contributed by atoms with Gasteiger partial charge in [-0.3, -0.25) is 9.36 Å². The van der Waals surface area contributed by atoms with E-state index in [0.717, 1.165) is 47.7 Å². The number of aliphatic hydroxyl groups excluding tert-OH is 1. The molecule has 0 spiro atoms. The summed E-state index contributed by atoms with van der Waals surface area (Å²) in [5.41, 5.74) is 1.70. The van der Waals surface area contributed by atoms with Crippen molar-refractivity contribution >= 4 is 39.4 Å². The minimum absolute atomic E-state index is 0.0956. The van der Waals surface area contributed by atoms with Crippen LogP contribution in [0.15, 0.2) is 47.8 Å². The van der Waals surface area contributed by atoms with Crippen molar-refractivity contribution in [3.05, 3.63) is 59.0 Å². The van der Waals surface area contributed by atoms with Crippen LogP contribution in [0.25, 0.3) is 27.6 Å². The number of carbonyl (C=O) groups excluding carboxylic acids is 1. The molecule has 1 saturated carbocycles. The van der Waals surface area contributed by atoms with Gasteiger partial charge in [-0.25, -0.2) is 0 Å². The summed E-state index contributed by atoms with van der Waals surface area (Å²) >= 11 is 1.25. The second-order valence-corrected chi connectivity index (χ2v) is 8.75. The van der Waals surface area contributed by atoms with Crippen molar-refractivity contribution in [2.45, 2.75) is 31.5 Å². The largest absolute Gasteiger partial charge is 0.416 e. The van der Waals surface area contributed by atoms with Crippen molar-refractivity contribution in [2.75, 3.05) is 6.61 Å². The molecule has 4 aromatic rings. The maximum Gasteiger partial charge on any atom is 0.416 e. The van der Waals surface area contributed by atoms with Gasteiger partial charge in [-0.15, -0.1) is 0 Å². The van der Waals surface area contributed by atoms with Crippen molar-refractivity contribution in [3.63, 3.8) is 0 Å². The molecule has 9 heteroatoms. The second kappa shape index (κ2) is 7.90. The van der Waals surface area contributed by atoms with E-state index in [0.29, 0.717) is 22.8 Å². The molecule has 5 rings (SSSR count). The lowest BCUT2D eigenvalue weighted by Crippen LogP contribution is -2.45. The molecule has 1 amide bonds. The van der Waals surface area contributed by atoms with Gasteiger partial charge in [0.15, 0.2) is 5.65 Å². The fraction of sp³-hybridized carbons (Fsp3) is 0.304. The van der Waals surface area contributed by atoms with Gasteiger partial charge in [0, 0.05) is 27.4 Å². The predicted octanol–water partition coefficient (Wildman–Crippen LogP) is 5.15. The van der Waals surface area contributed by atoms with Gasteiger partial charge in [0.25, 0.3) is 5.91 Å². The molecule has 0 saturated heterocycles. The van der Waals surface area contributed by atoms with Gasteiger partial charge in [0.05, 0.1) is 23.7 Å². The van der Waals surface area contributed by atoms with Crippen LogP contribution in [0.5, 0.6) is 0 Å². The average molecular weight is 459 g/mol. The van der Waals surface area contributed by atoms with Gasteiger partial charge in [-0.2, -0.15) is 17.5 Å². The number of nitrogens with zero attached hydrogens (tertiary/aromatic N) is 2. The quantitative estimate of drug-likeness (QED) is 0.434. The molecule has 2 N–H and O–H groups in total. The minimum atomic E-state index is -4.40. The lowest BCUT2D eigenvalue weighted by molar-refractivity contribution is -0.137. The Hall–Kier alpha value is -2.91. The monoisotopic (exact) mass is 459 g/mol. The highest BCUT2D eigenvalue weighted by atomic mass is 32.1. The number of aliphatic hydroxyl groups is 1. The lowest BCUT2D eigenvalue weighted by Gasteiger charge is -2.33. The first-order chi connectivity index (χ1) is 15.4. The van der Waals surface area contributed by atoms with Crippen LogP contribution in [0.2, 0.25) is 0 Å². The average Bonchev–Trinajstić information content (AvgIpc) is 3.31. The van der Waals surface area contributed by atoms with Crippen LogP contribution < -0.4 is 5.32 Å². The van der Waals surface area contributed by atoms with Crippen molar-refractivity contribution in [2.24, 2.45) is 5.92 Å². The van der Waals surface area contributed by atoms with Crippen LogP contribution in [0.1, 0.15) is 35.2 Å². The number of hydrogen-bond acceptors (Lipinski definition) is 4. The molecule has 0 bridgehead atoms. The Morgan fingerprint density at radius 1 is 1.19 bits per heavy atom. The second-order valence-electron chi connectivity index (χ2n) is 8.12. The number of halogens is 3. The number of alkyl halides is 3. The molecule has 2 heterocycles. The molecule has 5 nitrogen and oxygen atoms in total. The molecule has 1 fully saturated rings. The summed E-state index contributed by atoms with van der Waals surface area (Å²) < 4.78 is 45.1. The molecule has 32 heavy (non-hydrogen) atoms. The van der Waals surface area contributed by atoms with Gasteiger partial charge in [0.1, 0.15) is 0 Å². The van der Waals surface area contributed by atoms with Gasteiger partial charge >= 0.3 is 6.18 Å². The normalized spacial score (nSPS) is 15.8. The molecule has 1 aliphatic carbocycles. The number of benzene rings is 2. The van der Waals surface area contributed by atoms with E-state index in [2.05, 4.69) is 9.69 Å². The van der Waals surface area contributed by atoms with Crippen LogP contribution >= 0.6 is 11.5 Å². The lowest BCUT2D eigenvalue weighted by atomic mass is 9.80. The Labute approximate surface area is 185 Å². The van der Waals surface area contributed by atoms with E-state index < -0.39 is 11.7 Å². The maximum absolute atomic E-state index is 13.0. The summed E-state index contributed by atoms with van der Waals surface area (Å²) in [7, 11) is 0. The van der Waals surface area contributed by atoms with Crippen LogP contribution in [0.3, 0.4) is 0 Å². The molecular weight excluding hydrogens is 439 g/mol. The fourth-order valence-corrected chi connectivity index (χ4v) is 4.92. The van der Waals surface area contributed by atoms with Crippen LogP contribution in [0, 0.1) is 5.92 Å². The topological polar surface area (TPSA) is 67.2 Å². The summed E-state index contributed by atoms with van der Waals surface area (Å²) in [6.45, 7) is -0.0956. The van der Waals surface area contributed by atoms with Gasteiger partial charge in [-0.05, 0) is 72.8 Å². The minimum Gasteiger partial charge on any atom is -0.394 e. The van der Waals surface area contributed by atoms with E-state index in [4.69, 9.17) is 0 Å². The first kappa shape index (κ1) is 21.0. The molecule has 0 aliphatic heterocycles. The smallest absolute Gasteiger partial charge is 0.394 e. The zero-order valence-electron chi connectivity index (χ0n) is 16.9. The zero-order chi connectivity index (χ0) is 22.5. The first-order valence-electron chi connectivity index (χ1n) is 10.3. The Balaban J connectivity index is 1.53. The summed E-state index contributed by atoms with van der Waals surface area (Å²) in [5, 5.41) is 16.1. The molecule has 0 unspecified atom stereocenters. The maximum atomic E-state index is 13.0. The zero-order valence-corrected chi connectivity index (χ0v) is 17.7. The molecule has 1 atom stereocenters. The summed E-state index contributed by atoms with van der Waals surface area (Å²) in [5.74, 6) is 0.0534. The van der Waals surface area contributed by atoms with Crippen LogP contribution in [0.4, 0.5) is 13.2 Å². The van der Waals surface area contributed by atoms with E-state index in [-0.39, 0.29) is 18.6 Å². The van der Waals surface area contributed by atoms with E-state index in [9.17, 15) is 23.1 Å². The number of fused-ring (bicyclic) bond motifs is 3. The predicted molar refractivity (Wildman–Crippen MR) is 117 cm³/mol. The molecule has 166 valence electrons. The summed E-state index contributed by atoms with van der Waals surface area (Å²) in [4.78, 5) is 12.8. The highest BCUT2D eigenvalue weighted by Crippen LogP contribution is 2.35. The van der Waals surface area contributed by atoms with Gasteiger partial charge < -0.3 is 10.4 Å². The van der Waals surface area contributed by atoms with Crippen molar-refractivity contribution in [1.29, 1.82) is 0 Å². The number of carbonyl (C=O) groups is 1. The number of hydrogen-bond donors (Lipinski definition) is 2. The Morgan fingerprint density at radius 3 is 2.56 bits per heavy atom.